The van der Waals surface area contributed by atoms with Gasteiger partial charge in [-0.3, -0.25) is 0 Å². The summed E-state index contributed by atoms with van der Waals surface area (Å²) in [7, 11) is 0. The van der Waals surface area contributed by atoms with Gasteiger partial charge in [0.15, 0.2) is 0 Å². The first-order chi connectivity index (χ1) is 9.49. The van der Waals surface area contributed by atoms with Crippen LogP contribution in [-0.4, -0.2) is 18.7 Å². The molecule has 1 aliphatic carbocycles. The fourth-order valence-electron chi connectivity index (χ4n) is 2.51. The molecule has 0 spiro atoms. The number of benzene rings is 1. The van der Waals surface area contributed by atoms with Crippen molar-refractivity contribution in [2.45, 2.75) is 65.5 Å². The van der Waals surface area contributed by atoms with Crippen LogP contribution in [0.25, 0.3) is 0 Å². The molecule has 0 amide bonds. The predicted molar refractivity (Wildman–Crippen MR) is 85.3 cm³/mol. The first-order valence-corrected chi connectivity index (χ1v) is 7.98. The summed E-state index contributed by atoms with van der Waals surface area (Å²) in [5, 5.41) is 3.61. The molecule has 0 radical (unpaired) electrons. The van der Waals surface area contributed by atoms with Crippen LogP contribution in [0.2, 0.25) is 0 Å². The second-order valence-corrected chi connectivity index (χ2v) is 6.98. The van der Waals surface area contributed by atoms with E-state index in [4.69, 9.17) is 4.74 Å². The van der Waals surface area contributed by atoms with Crippen molar-refractivity contribution < 1.29 is 4.74 Å². The normalized spacial score (nSPS) is 17.0. The van der Waals surface area contributed by atoms with E-state index in [1.165, 1.54) is 24.8 Å². The molecule has 2 heteroatoms. The van der Waals surface area contributed by atoms with E-state index in [1.807, 2.05) is 0 Å². The average Bonchev–Trinajstić information content (AvgIpc) is 3.19. The zero-order valence-corrected chi connectivity index (χ0v) is 13.4. The number of hydrogen-bond donors (Lipinski definition) is 1. The Kier molecular flexibility index (Phi) is 5.09. The van der Waals surface area contributed by atoms with Crippen LogP contribution >= 0.6 is 0 Å². The molecule has 1 aliphatic rings. The lowest BCUT2D eigenvalue weighted by Crippen LogP contribution is -2.40. The van der Waals surface area contributed by atoms with Crippen molar-refractivity contribution in [2.24, 2.45) is 5.41 Å². The largest absolute Gasteiger partial charge is 0.490 e. The Bertz CT molecular complexity index is 400. The standard InChI is InChI=1S/C18H29NO/c1-5-19-17(18(2,3)4)13-8-14-6-9-15(10-7-14)20-16-11-12-16/h6-7,9-10,16-17,19H,5,8,11-13H2,1-4H3. The molecule has 112 valence electrons. The van der Waals surface area contributed by atoms with Gasteiger partial charge in [0.05, 0.1) is 6.10 Å². The van der Waals surface area contributed by atoms with Gasteiger partial charge in [0.1, 0.15) is 5.75 Å². The Morgan fingerprint density at radius 3 is 2.35 bits per heavy atom. The van der Waals surface area contributed by atoms with Crippen LogP contribution in [0.1, 0.15) is 52.5 Å². The van der Waals surface area contributed by atoms with Gasteiger partial charge < -0.3 is 10.1 Å². The minimum atomic E-state index is 0.311. The maximum Gasteiger partial charge on any atom is 0.119 e. The van der Waals surface area contributed by atoms with Crippen molar-refractivity contribution in [3.8, 4) is 5.75 Å². The van der Waals surface area contributed by atoms with Crippen molar-refractivity contribution in [3.05, 3.63) is 29.8 Å². The zero-order chi connectivity index (χ0) is 14.6. The van der Waals surface area contributed by atoms with Crippen molar-refractivity contribution in [2.75, 3.05) is 6.54 Å². The van der Waals surface area contributed by atoms with E-state index in [0.29, 0.717) is 17.6 Å². The summed E-state index contributed by atoms with van der Waals surface area (Å²) in [4.78, 5) is 0. The Morgan fingerprint density at radius 1 is 1.20 bits per heavy atom. The molecule has 1 N–H and O–H groups in total. The van der Waals surface area contributed by atoms with E-state index >= 15 is 0 Å². The summed E-state index contributed by atoms with van der Waals surface area (Å²) in [6, 6.07) is 9.22. The SMILES string of the molecule is CCNC(CCc1ccc(OC2CC2)cc1)C(C)(C)C. The maximum absolute atomic E-state index is 5.79. The van der Waals surface area contributed by atoms with Crippen LogP contribution in [0.5, 0.6) is 5.75 Å². The highest BCUT2D eigenvalue weighted by Gasteiger charge is 2.24. The summed E-state index contributed by atoms with van der Waals surface area (Å²) in [6.45, 7) is 10.2. The van der Waals surface area contributed by atoms with Gasteiger partial charge in [0.25, 0.3) is 0 Å². The first-order valence-electron chi connectivity index (χ1n) is 7.98. The van der Waals surface area contributed by atoms with Gasteiger partial charge >= 0.3 is 0 Å². The molecule has 0 bridgehead atoms. The Hall–Kier alpha value is -1.02. The number of ether oxygens (including phenoxy) is 1. The first kappa shape index (κ1) is 15.4. The van der Waals surface area contributed by atoms with Crippen LogP contribution < -0.4 is 10.1 Å². The molecule has 1 atom stereocenters. The van der Waals surface area contributed by atoms with E-state index in [0.717, 1.165) is 18.7 Å². The third-order valence-electron chi connectivity index (χ3n) is 3.97. The number of nitrogens with one attached hydrogen (secondary N) is 1. The maximum atomic E-state index is 5.79. The van der Waals surface area contributed by atoms with Gasteiger partial charge in [-0.15, -0.1) is 0 Å². The lowest BCUT2D eigenvalue weighted by Gasteiger charge is -2.31. The van der Waals surface area contributed by atoms with Gasteiger partial charge in [0, 0.05) is 6.04 Å². The van der Waals surface area contributed by atoms with E-state index in [9.17, 15) is 0 Å². The van der Waals surface area contributed by atoms with Gasteiger partial charge in [0.2, 0.25) is 0 Å². The molecule has 1 aromatic rings. The van der Waals surface area contributed by atoms with E-state index < -0.39 is 0 Å². The summed E-state index contributed by atoms with van der Waals surface area (Å²) >= 11 is 0. The molecule has 0 saturated heterocycles. The van der Waals surface area contributed by atoms with Crippen LogP contribution in [0.4, 0.5) is 0 Å². The van der Waals surface area contributed by atoms with Gasteiger partial charge in [-0.05, 0) is 55.3 Å². The minimum absolute atomic E-state index is 0.311. The monoisotopic (exact) mass is 275 g/mol. The van der Waals surface area contributed by atoms with E-state index in [2.05, 4.69) is 57.3 Å². The van der Waals surface area contributed by atoms with Gasteiger partial charge in [-0.2, -0.15) is 0 Å². The van der Waals surface area contributed by atoms with E-state index in [1.54, 1.807) is 0 Å². The number of rotatable bonds is 7. The molecule has 1 saturated carbocycles. The topological polar surface area (TPSA) is 21.3 Å². The molecular weight excluding hydrogens is 246 g/mol. The zero-order valence-electron chi connectivity index (χ0n) is 13.4. The molecule has 2 rings (SSSR count). The van der Waals surface area contributed by atoms with E-state index in [-0.39, 0.29) is 0 Å². The third-order valence-corrected chi connectivity index (χ3v) is 3.97. The van der Waals surface area contributed by atoms with Gasteiger partial charge in [-0.1, -0.05) is 39.8 Å². The average molecular weight is 275 g/mol. The quantitative estimate of drug-likeness (QED) is 0.806. The highest BCUT2D eigenvalue weighted by atomic mass is 16.5. The lowest BCUT2D eigenvalue weighted by atomic mass is 9.83. The number of hydrogen-bond acceptors (Lipinski definition) is 2. The van der Waals surface area contributed by atoms with Crippen molar-refractivity contribution >= 4 is 0 Å². The molecule has 2 nitrogen and oxygen atoms in total. The van der Waals surface area contributed by atoms with Crippen LogP contribution in [0.3, 0.4) is 0 Å². The molecular formula is C18H29NO. The molecule has 0 aliphatic heterocycles. The van der Waals surface area contributed by atoms with Crippen LogP contribution in [0.15, 0.2) is 24.3 Å². The lowest BCUT2D eigenvalue weighted by molar-refractivity contribution is 0.258. The molecule has 1 unspecified atom stereocenters. The Labute approximate surface area is 123 Å². The van der Waals surface area contributed by atoms with Crippen LogP contribution in [0, 0.1) is 5.41 Å². The highest BCUT2D eigenvalue weighted by molar-refractivity contribution is 5.28. The summed E-state index contributed by atoms with van der Waals surface area (Å²) in [5.41, 5.74) is 1.71. The summed E-state index contributed by atoms with van der Waals surface area (Å²) in [6.07, 6.45) is 5.23. The molecule has 0 heterocycles. The molecule has 1 fully saturated rings. The molecule has 20 heavy (non-hydrogen) atoms. The molecule has 1 aromatic carbocycles. The summed E-state index contributed by atoms with van der Waals surface area (Å²) in [5.74, 6) is 1.02. The van der Waals surface area contributed by atoms with Crippen LogP contribution in [-0.2, 0) is 6.42 Å². The summed E-state index contributed by atoms with van der Waals surface area (Å²) < 4.78 is 5.79. The van der Waals surface area contributed by atoms with Crippen molar-refractivity contribution in [3.63, 3.8) is 0 Å². The highest BCUT2D eigenvalue weighted by Crippen LogP contribution is 2.27. The second-order valence-electron chi connectivity index (χ2n) is 6.98. The second kappa shape index (κ2) is 6.62. The number of aryl methyl sites for hydroxylation is 1. The minimum Gasteiger partial charge on any atom is -0.490 e. The van der Waals surface area contributed by atoms with Crippen molar-refractivity contribution in [1.82, 2.24) is 5.32 Å². The van der Waals surface area contributed by atoms with Gasteiger partial charge in [-0.25, -0.2) is 0 Å². The smallest absolute Gasteiger partial charge is 0.119 e. The Balaban J connectivity index is 1.85. The fourth-order valence-corrected chi connectivity index (χ4v) is 2.51. The predicted octanol–water partition coefficient (Wildman–Crippen LogP) is 4.18. The third kappa shape index (κ3) is 4.82. The Morgan fingerprint density at radius 2 is 1.85 bits per heavy atom. The molecule has 0 aromatic heterocycles. The van der Waals surface area contributed by atoms with Crippen molar-refractivity contribution in [1.29, 1.82) is 0 Å². The fraction of sp³-hybridized carbons (Fsp3) is 0.667.